The number of nitrogens with zero attached hydrogens (tertiary/aromatic N) is 4. The summed E-state index contributed by atoms with van der Waals surface area (Å²) in [5.74, 6) is 1.65. The minimum absolute atomic E-state index is 0.0453. The molecule has 0 unspecified atom stereocenters. The summed E-state index contributed by atoms with van der Waals surface area (Å²) in [5, 5.41) is 7.73. The van der Waals surface area contributed by atoms with Crippen molar-refractivity contribution in [2.24, 2.45) is 0 Å². The molecule has 3 aromatic heterocycles. The van der Waals surface area contributed by atoms with E-state index in [0.717, 1.165) is 18.5 Å². The molecule has 8 heteroatoms. The Kier molecular flexibility index (Phi) is 4.30. The number of halogens is 2. The number of aryl methyl sites for hydroxylation is 1. The molecule has 132 valence electrons. The van der Waals surface area contributed by atoms with Gasteiger partial charge < -0.3 is 9.73 Å². The molecule has 4 rings (SSSR count). The van der Waals surface area contributed by atoms with Gasteiger partial charge in [-0.2, -0.15) is 9.50 Å². The van der Waals surface area contributed by atoms with E-state index in [4.69, 9.17) is 16.0 Å². The van der Waals surface area contributed by atoms with Crippen molar-refractivity contribution >= 4 is 28.9 Å². The number of anilines is 2. The van der Waals surface area contributed by atoms with Crippen molar-refractivity contribution in [2.75, 3.05) is 5.32 Å². The molecule has 26 heavy (non-hydrogen) atoms. The molecule has 0 saturated carbocycles. The Bertz CT molecular complexity index is 1060. The minimum atomic E-state index is -0.468. The first-order chi connectivity index (χ1) is 12.6. The van der Waals surface area contributed by atoms with E-state index in [-0.39, 0.29) is 5.02 Å². The van der Waals surface area contributed by atoms with Crippen molar-refractivity contribution in [1.29, 1.82) is 0 Å². The van der Waals surface area contributed by atoms with Crippen LogP contribution in [0, 0.1) is 5.82 Å². The third kappa shape index (κ3) is 3.13. The second-order valence-electron chi connectivity index (χ2n) is 5.76. The Morgan fingerprint density at radius 1 is 1.23 bits per heavy atom. The third-order valence-corrected chi connectivity index (χ3v) is 4.09. The largest absolute Gasteiger partial charge is 0.461 e. The summed E-state index contributed by atoms with van der Waals surface area (Å²) >= 11 is 5.88. The molecule has 3 heterocycles. The molecule has 1 aromatic carbocycles. The van der Waals surface area contributed by atoms with Crippen molar-refractivity contribution in [2.45, 2.75) is 19.8 Å². The van der Waals surface area contributed by atoms with E-state index in [9.17, 15) is 4.39 Å². The van der Waals surface area contributed by atoms with Crippen molar-refractivity contribution in [3.05, 3.63) is 59.2 Å². The summed E-state index contributed by atoms with van der Waals surface area (Å²) in [5.41, 5.74) is 1.52. The van der Waals surface area contributed by atoms with Crippen LogP contribution in [0.4, 0.5) is 15.9 Å². The van der Waals surface area contributed by atoms with Gasteiger partial charge in [-0.15, -0.1) is 5.10 Å². The predicted molar refractivity (Wildman–Crippen MR) is 97.2 cm³/mol. The van der Waals surface area contributed by atoms with Gasteiger partial charge in [0.15, 0.2) is 5.76 Å². The van der Waals surface area contributed by atoms with E-state index in [1.54, 1.807) is 29.0 Å². The maximum Gasteiger partial charge on any atom is 0.255 e. The fraction of sp³-hybridized carbons (Fsp3) is 0.167. The lowest BCUT2D eigenvalue weighted by molar-refractivity contribution is 0.577. The average molecular weight is 372 g/mol. The number of hydrogen-bond donors (Lipinski definition) is 1. The third-order valence-electron chi connectivity index (χ3n) is 3.80. The highest BCUT2D eigenvalue weighted by Gasteiger charge is 2.14. The molecule has 0 aliphatic rings. The van der Waals surface area contributed by atoms with Gasteiger partial charge in [0, 0.05) is 17.4 Å². The van der Waals surface area contributed by atoms with E-state index >= 15 is 0 Å². The molecule has 0 amide bonds. The minimum Gasteiger partial charge on any atom is -0.461 e. The van der Waals surface area contributed by atoms with Gasteiger partial charge in [-0.1, -0.05) is 24.9 Å². The predicted octanol–water partition coefficient (Wildman–Crippen LogP) is 4.87. The smallest absolute Gasteiger partial charge is 0.255 e. The summed E-state index contributed by atoms with van der Waals surface area (Å²) in [7, 11) is 0. The summed E-state index contributed by atoms with van der Waals surface area (Å²) in [6.07, 6.45) is 3.32. The Hall–Kier alpha value is -2.93. The summed E-state index contributed by atoms with van der Waals surface area (Å²) in [6, 6.07) is 9.90. The van der Waals surface area contributed by atoms with E-state index in [2.05, 4.69) is 27.3 Å². The number of furan rings is 1. The Morgan fingerprint density at radius 2 is 2.12 bits per heavy atom. The molecular weight excluding hydrogens is 357 g/mol. The lowest BCUT2D eigenvalue weighted by atomic mass is 10.2. The molecular formula is C18H15ClFN5O. The molecule has 6 nitrogen and oxygen atoms in total. The second-order valence-corrected chi connectivity index (χ2v) is 6.17. The van der Waals surface area contributed by atoms with Crippen LogP contribution < -0.4 is 5.32 Å². The molecule has 1 N–H and O–H groups in total. The van der Waals surface area contributed by atoms with Crippen molar-refractivity contribution in [3.63, 3.8) is 0 Å². The van der Waals surface area contributed by atoms with Crippen molar-refractivity contribution < 1.29 is 8.81 Å². The molecule has 0 spiro atoms. The van der Waals surface area contributed by atoms with Gasteiger partial charge >= 0.3 is 0 Å². The van der Waals surface area contributed by atoms with Gasteiger partial charge in [0.25, 0.3) is 5.78 Å². The zero-order valence-corrected chi connectivity index (χ0v) is 14.7. The number of nitrogens with one attached hydrogen (secondary N) is 1. The van der Waals surface area contributed by atoms with Crippen LogP contribution in [0.5, 0.6) is 0 Å². The van der Waals surface area contributed by atoms with E-state index in [1.807, 2.05) is 6.07 Å². The maximum atomic E-state index is 13.4. The van der Waals surface area contributed by atoms with Crippen LogP contribution in [-0.4, -0.2) is 19.6 Å². The van der Waals surface area contributed by atoms with Crippen molar-refractivity contribution in [3.8, 4) is 11.6 Å². The van der Waals surface area contributed by atoms with E-state index < -0.39 is 5.82 Å². The number of benzene rings is 1. The topological polar surface area (TPSA) is 68.2 Å². The summed E-state index contributed by atoms with van der Waals surface area (Å²) < 4.78 is 20.4. The highest BCUT2D eigenvalue weighted by Crippen LogP contribution is 2.25. The molecule has 0 fully saturated rings. The second kappa shape index (κ2) is 6.76. The zero-order chi connectivity index (χ0) is 18.1. The highest BCUT2D eigenvalue weighted by molar-refractivity contribution is 6.31. The van der Waals surface area contributed by atoms with Gasteiger partial charge in [-0.25, -0.2) is 9.37 Å². The average Bonchev–Trinajstić information content (AvgIpc) is 3.27. The normalized spacial score (nSPS) is 11.2. The first-order valence-electron chi connectivity index (χ1n) is 8.16. The van der Waals surface area contributed by atoms with E-state index in [0.29, 0.717) is 28.9 Å². The zero-order valence-electron chi connectivity index (χ0n) is 13.9. The molecule has 0 atom stereocenters. The van der Waals surface area contributed by atoms with Crippen LogP contribution in [0.25, 0.3) is 17.4 Å². The molecule has 0 aliphatic heterocycles. The number of aromatic nitrogens is 4. The number of hydrogen-bond acceptors (Lipinski definition) is 5. The standard InChI is InChI=1S/C18H15ClFN5O/c1-2-4-11-10-16(21-12-6-7-14(20)13(19)9-12)25-18(22-11)23-17(24-25)15-5-3-8-26-15/h3,5-10,21H,2,4H2,1H3. The first-order valence-corrected chi connectivity index (χ1v) is 8.54. The van der Waals surface area contributed by atoms with Gasteiger partial charge in [0.05, 0.1) is 11.3 Å². The Morgan fingerprint density at radius 3 is 2.85 bits per heavy atom. The molecule has 0 aliphatic carbocycles. The van der Waals surface area contributed by atoms with Gasteiger partial charge in [0.1, 0.15) is 11.6 Å². The van der Waals surface area contributed by atoms with Crippen LogP contribution in [-0.2, 0) is 6.42 Å². The van der Waals surface area contributed by atoms with Crippen LogP contribution in [0.1, 0.15) is 19.0 Å². The van der Waals surface area contributed by atoms with Gasteiger partial charge in [0.2, 0.25) is 5.82 Å². The van der Waals surface area contributed by atoms with Gasteiger partial charge in [-0.3, -0.25) is 0 Å². The summed E-state index contributed by atoms with van der Waals surface area (Å²) in [4.78, 5) is 9.00. The van der Waals surface area contributed by atoms with Crippen LogP contribution in [0.2, 0.25) is 5.02 Å². The fourth-order valence-corrected chi connectivity index (χ4v) is 2.80. The lowest BCUT2D eigenvalue weighted by Gasteiger charge is -2.10. The highest BCUT2D eigenvalue weighted by atomic mass is 35.5. The van der Waals surface area contributed by atoms with E-state index in [1.165, 1.54) is 12.1 Å². The SMILES string of the molecule is CCCc1cc(Nc2ccc(F)c(Cl)c2)n2nc(-c3ccco3)nc2n1. The molecule has 4 aromatic rings. The number of fused-ring (bicyclic) bond motifs is 1. The fourth-order valence-electron chi connectivity index (χ4n) is 2.62. The Balaban J connectivity index is 1.81. The lowest BCUT2D eigenvalue weighted by Crippen LogP contribution is -2.04. The number of rotatable bonds is 5. The van der Waals surface area contributed by atoms with Crippen molar-refractivity contribution in [1.82, 2.24) is 19.6 Å². The molecule has 0 radical (unpaired) electrons. The molecule has 0 saturated heterocycles. The molecule has 0 bridgehead atoms. The van der Waals surface area contributed by atoms with Crippen LogP contribution in [0.3, 0.4) is 0 Å². The van der Waals surface area contributed by atoms with Crippen LogP contribution in [0.15, 0.2) is 47.1 Å². The first kappa shape index (κ1) is 16.5. The van der Waals surface area contributed by atoms with Gasteiger partial charge in [-0.05, 0) is 36.8 Å². The maximum absolute atomic E-state index is 13.4. The van der Waals surface area contributed by atoms with Crippen LogP contribution >= 0.6 is 11.6 Å². The Labute approximate surface area is 153 Å². The quantitative estimate of drug-likeness (QED) is 0.542. The summed E-state index contributed by atoms with van der Waals surface area (Å²) in [6.45, 7) is 2.08. The monoisotopic (exact) mass is 371 g/mol.